The summed E-state index contributed by atoms with van der Waals surface area (Å²) in [6.07, 6.45) is 4.82. The first-order valence-electron chi connectivity index (χ1n) is 5.73. The van der Waals surface area contributed by atoms with Gasteiger partial charge in [0.1, 0.15) is 0 Å². The fraction of sp³-hybridized carbons (Fsp3) is 0.308. The first-order valence-corrected chi connectivity index (χ1v) is 6.49. The van der Waals surface area contributed by atoms with Gasteiger partial charge < -0.3 is 10.0 Å². The molecule has 0 saturated carbocycles. The SMILES string of the molecule is O=C(O)/C=C/c1ccc(N2CCCC2)c(Cl)c1Cl. The van der Waals surface area contributed by atoms with Gasteiger partial charge in [-0.25, -0.2) is 4.79 Å². The van der Waals surface area contributed by atoms with Gasteiger partial charge in [0.05, 0.1) is 15.7 Å². The van der Waals surface area contributed by atoms with Crippen molar-refractivity contribution >= 4 is 40.9 Å². The Labute approximate surface area is 116 Å². The molecule has 0 radical (unpaired) electrons. The van der Waals surface area contributed by atoms with Crippen LogP contribution >= 0.6 is 23.2 Å². The van der Waals surface area contributed by atoms with E-state index in [9.17, 15) is 4.79 Å². The molecule has 1 fully saturated rings. The summed E-state index contributed by atoms with van der Waals surface area (Å²) in [5.74, 6) is -1.01. The maximum absolute atomic E-state index is 10.5. The van der Waals surface area contributed by atoms with E-state index in [1.807, 2.05) is 6.07 Å². The first-order chi connectivity index (χ1) is 8.59. The molecule has 0 aromatic heterocycles. The molecule has 2 rings (SSSR count). The lowest BCUT2D eigenvalue weighted by Gasteiger charge is -2.20. The number of aliphatic carboxylic acids is 1. The maximum atomic E-state index is 10.5. The summed E-state index contributed by atoms with van der Waals surface area (Å²) in [6, 6.07) is 3.68. The lowest BCUT2D eigenvalue weighted by Crippen LogP contribution is -2.18. The van der Waals surface area contributed by atoms with Gasteiger partial charge in [-0.2, -0.15) is 0 Å². The van der Waals surface area contributed by atoms with Gasteiger partial charge in [0.25, 0.3) is 0 Å². The number of carboxylic acid groups (broad SMARTS) is 1. The van der Waals surface area contributed by atoms with Crippen LogP contribution in [-0.4, -0.2) is 24.2 Å². The molecule has 96 valence electrons. The van der Waals surface area contributed by atoms with E-state index < -0.39 is 5.97 Å². The van der Waals surface area contributed by atoms with Crippen LogP contribution in [-0.2, 0) is 4.79 Å². The van der Waals surface area contributed by atoms with Gasteiger partial charge in [0.2, 0.25) is 0 Å². The minimum absolute atomic E-state index is 0.401. The summed E-state index contributed by atoms with van der Waals surface area (Å²) in [5.41, 5.74) is 1.54. The Bertz CT molecular complexity index is 494. The number of halogens is 2. The number of benzene rings is 1. The largest absolute Gasteiger partial charge is 0.478 e. The molecule has 0 amide bonds. The predicted molar refractivity (Wildman–Crippen MR) is 74.6 cm³/mol. The highest BCUT2D eigenvalue weighted by molar-refractivity contribution is 6.44. The van der Waals surface area contributed by atoms with Crippen LogP contribution in [0.2, 0.25) is 10.0 Å². The Morgan fingerprint density at radius 3 is 2.50 bits per heavy atom. The molecule has 5 heteroatoms. The molecule has 0 aliphatic carbocycles. The monoisotopic (exact) mass is 285 g/mol. The number of nitrogens with zero attached hydrogens (tertiary/aromatic N) is 1. The van der Waals surface area contributed by atoms with E-state index in [2.05, 4.69) is 4.90 Å². The smallest absolute Gasteiger partial charge is 0.328 e. The number of hydrogen-bond acceptors (Lipinski definition) is 2. The fourth-order valence-corrected chi connectivity index (χ4v) is 2.56. The topological polar surface area (TPSA) is 40.5 Å². The summed E-state index contributed by atoms with van der Waals surface area (Å²) < 4.78 is 0. The fourth-order valence-electron chi connectivity index (χ4n) is 2.05. The Balaban J connectivity index is 2.31. The second-order valence-corrected chi connectivity index (χ2v) is 4.92. The molecule has 1 aliphatic heterocycles. The van der Waals surface area contributed by atoms with Crippen LogP contribution in [0.5, 0.6) is 0 Å². The number of hydrogen-bond donors (Lipinski definition) is 1. The Morgan fingerprint density at radius 2 is 1.89 bits per heavy atom. The maximum Gasteiger partial charge on any atom is 0.328 e. The lowest BCUT2D eigenvalue weighted by molar-refractivity contribution is -0.131. The van der Waals surface area contributed by atoms with Gasteiger partial charge in [-0.05, 0) is 30.5 Å². The molecule has 1 aliphatic rings. The van der Waals surface area contributed by atoms with Crippen molar-refractivity contribution in [3.05, 3.63) is 33.8 Å². The normalized spacial score (nSPS) is 15.6. The van der Waals surface area contributed by atoms with Crippen molar-refractivity contribution in [2.24, 2.45) is 0 Å². The third-order valence-electron chi connectivity index (χ3n) is 2.94. The van der Waals surface area contributed by atoms with E-state index in [1.165, 1.54) is 6.08 Å². The van der Waals surface area contributed by atoms with E-state index in [0.29, 0.717) is 15.6 Å². The standard InChI is InChI=1S/C13H13Cl2NO2/c14-12-9(4-6-11(17)18)3-5-10(13(12)15)16-7-1-2-8-16/h3-6H,1-2,7-8H2,(H,17,18)/b6-4+. The van der Waals surface area contributed by atoms with Crippen molar-refractivity contribution in [1.29, 1.82) is 0 Å². The Morgan fingerprint density at radius 1 is 1.22 bits per heavy atom. The molecular weight excluding hydrogens is 273 g/mol. The van der Waals surface area contributed by atoms with Gasteiger partial charge in [0.15, 0.2) is 0 Å². The van der Waals surface area contributed by atoms with Crippen LogP contribution < -0.4 is 4.90 Å². The van der Waals surface area contributed by atoms with Crippen LogP contribution in [0.4, 0.5) is 5.69 Å². The molecule has 0 spiro atoms. The van der Waals surface area contributed by atoms with Crippen LogP contribution in [0.1, 0.15) is 18.4 Å². The highest BCUT2D eigenvalue weighted by Gasteiger charge is 2.17. The van der Waals surface area contributed by atoms with E-state index in [0.717, 1.165) is 37.7 Å². The van der Waals surface area contributed by atoms with E-state index in [-0.39, 0.29) is 0 Å². The van der Waals surface area contributed by atoms with Gasteiger partial charge in [-0.15, -0.1) is 0 Å². The van der Waals surface area contributed by atoms with Crippen molar-refractivity contribution in [2.75, 3.05) is 18.0 Å². The molecule has 1 heterocycles. The molecule has 18 heavy (non-hydrogen) atoms. The lowest BCUT2D eigenvalue weighted by atomic mass is 10.1. The first kappa shape index (κ1) is 13.2. The van der Waals surface area contributed by atoms with Crippen molar-refractivity contribution < 1.29 is 9.90 Å². The van der Waals surface area contributed by atoms with Crippen LogP contribution in [0.3, 0.4) is 0 Å². The molecule has 1 aromatic carbocycles. The third kappa shape index (κ3) is 2.79. The minimum Gasteiger partial charge on any atom is -0.478 e. The second-order valence-electron chi connectivity index (χ2n) is 4.17. The summed E-state index contributed by atoms with van der Waals surface area (Å²) in [7, 11) is 0. The molecule has 3 nitrogen and oxygen atoms in total. The van der Waals surface area contributed by atoms with Gasteiger partial charge in [-0.1, -0.05) is 29.3 Å². The Kier molecular flexibility index (Phi) is 4.15. The molecule has 1 saturated heterocycles. The third-order valence-corrected chi connectivity index (χ3v) is 3.83. The highest BCUT2D eigenvalue weighted by Crippen LogP contribution is 2.37. The molecule has 0 atom stereocenters. The van der Waals surface area contributed by atoms with Crippen molar-refractivity contribution in [2.45, 2.75) is 12.8 Å². The van der Waals surface area contributed by atoms with Gasteiger partial charge >= 0.3 is 5.97 Å². The summed E-state index contributed by atoms with van der Waals surface area (Å²) >= 11 is 12.4. The molecule has 0 unspecified atom stereocenters. The van der Waals surface area contributed by atoms with Crippen LogP contribution in [0.25, 0.3) is 6.08 Å². The molecule has 1 N–H and O–H groups in total. The summed E-state index contributed by atoms with van der Waals surface area (Å²) in [4.78, 5) is 12.7. The number of carbonyl (C=O) groups is 1. The van der Waals surface area contributed by atoms with Crippen molar-refractivity contribution in [1.82, 2.24) is 0 Å². The average Bonchev–Trinajstić information content (AvgIpc) is 2.84. The van der Waals surface area contributed by atoms with E-state index in [1.54, 1.807) is 6.07 Å². The molecule has 0 bridgehead atoms. The predicted octanol–water partition coefficient (Wildman–Crippen LogP) is 3.69. The zero-order valence-electron chi connectivity index (χ0n) is 9.70. The molecular formula is C13H13Cl2NO2. The van der Waals surface area contributed by atoms with E-state index >= 15 is 0 Å². The quantitative estimate of drug-likeness (QED) is 0.861. The van der Waals surface area contributed by atoms with Crippen molar-refractivity contribution in [3.8, 4) is 0 Å². The molecule has 1 aromatic rings. The van der Waals surface area contributed by atoms with Crippen LogP contribution in [0.15, 0.2) is 18.2 Å². The van der Waals surface area contributed by atoms with Crippen LogP contribution in [0, 0.1) is 0 Å². The van der Waals surface area contributed by atoms with E-state index in [4.69, 9.17) is 28.3 Å². The zero-order chi connectivity index (χ0) is 13.1. The summed E-state index contributed by atoms with van der Waals surface area (Å²) in [5, 5.41) is 9.48. The second kappa shape index (κ2) is 5.63. The highest BCUT2D eigenvalue weighted by atomic mass is 35.5. The van der Waals surface area contributed by atoms with Crippen molar-refractivity contribution in [3.63, 3.8) is 0 Å². The number of anilines is 1. The van der Waals surface area contributed by atoms with Gasteiger partial charge in [-0.3, -0.25) is 0 Å². The van der Waals surface area contributed by atoms with Gasteiger partial charge in [0, 0.05) is 19.2 Å². The number of carboxylic acids is 1. The summed E-state index contributed by atoms with van der Waals surface area (Å²) in [6.45, 7) is 1.97. The zero-order valence-corrected chi connectivity index (χ0v) is 11.2. The Hall–Kier alpha value is -1.19. The average molecular weight is 286 g/mol. The minimum atomic E-state index is -1.01. The number of rotatable bonds is 3.